The highest BCUT2D eigenvalue weighted by atomic mass is 16.5. The molecule has 26 heavy (non-hydrogen) atoms. The average molecular weight is 359 g/mol. The molecule has 1 amide bonds. The van der Waals surface area contributed by atoms with E-state index in [0.29, 0.717) is 12.1 Å². The van der Waals surface area contributed by atoms with Crippen molar-refractivity contribution in [1.29, 1.82) is 0 Å². The van der Waals surface area contributed by atoms with Crippen LogP contribution in [0.15, 0.2) is 24.3 Å². The second kappa shape index (κ2) is 8.51. The van der Waals surface area contributed by atoms with Crippen LogP contribution >= 0.6 is 0 Å². The van der Waals surface area contributed by atoms with Gasteiger partial charge in [-0.1, -0.05) is 12.1 Å². The number of benzene rings is 1. The molecule has 0 unspecified atom stereocenters. The molecule has 0 spiro atoms. The van der Waals surface area contributed by atoms with Crippen LogP contribution in [0.5, 0.6) is 5.75 Å². The van der Waals surface area contributed by atoms with Gasteiger partial charge in [0.25, 0.3) is 5.91 Å². The summed E-state index contributed by atoms with van der Waals surface area (Å²) >= 11 is 0. The Morgan fingerprint density at radius 1 is 1.23 bits per heavy atom. The number of methoxy groups -OCH3 is 1. The van der Waals surface area contributed by atoms with Gasteiger partial charge in [-0.15, -0.1) is 0 Å². The van der Waals surface area contributed by atoms with E-state index in [2.05, 4.69) is 10.4 Å². The maximum absolute atomic E-state index is 12.3. The fourth-order valence-corrected chi connectivity index (χ4v) is 2.53. The van der Waals surface area contributed by atoms with E-state index in [-0.39, 0.29) is 12.3 Å². The van der Waals surface area contributed by atoms with E-state index in [1.54, 1.807) is 25.8 Å². The molecule has 1 atom stereocenters. The number of rotatable bonds is 7. The number of nitrogens with zero attached hydrogens (tertiary/aromatic N) is 2. The summed E-state index contributed by atoms with van der Waals surface area (Å²) in [6.45, 7) is 5.23. The number of carbonyl (C=O) groups is 2. The maximum atomic E-state index is 12.3. The zero-order valence-electron chi connectivity index (χ0n) is 15.8. The zero-order chi connectivity index (χ0) is 19.3. The Morgan fingerprint density at radius 2 is 1.88 bits per heavy atom. The molecule has 1 aromatic carbocycles. The fourth-order valence-electron chi connectivity index (χ4n) is 2.53. The Kier molecular flexibility index (Phi) is 6.38. The molecule has 0 aliphatic rings. The highest BCUT2D eigenvalue weighted by Gasteiger charge is 2.20. The minimum atomic E-state index is -0.877. The van der Waals surface area contributed by atoms with Crippen molar-refractivity contribution in [3.63, 3.8) is 0 Å². The van der Waals surface area contributed by atoms with Gasteiger partial charge in [-0.3, -0.25) is 14.3 Å². The van der Waals surface area contributed by atoms with Gasteiger partial charge in [0.2, 0.25) is 0 Å². The molecule has 7 heteroatoms. The van der Waals surface area contributed by atoms with Gasteiger partial charge in [0.05, 0.1) is 24.2 Å². The number of carbonyl (C=O) groups excluding carboxylic acids is 2. The van der Waals surface area contributed by atoms with Crippen molar-refractivity contribution in [2.24, 2.45) is 7.05 Å². The lowest BCUT2D eigenvalue weighted by atomic mass is 10.1. The summed E-state index contributed by atoms with van der Waals surface area (Å²) in [5, 5.41) is 7.02. The largest absolute Gasteiger partial charge is 0.497 e. The summed E-state index contributed by atoms with van der Waals surface area (Å²) < 4.78 is 12.0. The Morgan fingerprint density at radius 3 is 2.42 bits per heavy atom. The smallest absolute Gasteiger partial charge is 0.306 e. The zero-order valence-corrected chi connectivity index (χ0v) is 15.8. The van der Waals surface area contributed by atoms with E-state index in [4.69, 9.17) is 9.47 Å². The fraction of sp³-hybridized carbons (Fsp3) is 0.421. The number of hydrogen-bond acceptors (Lipinski definition) is 5. The highest BCUT2D eigenvalue weighted by Crippen LogP contribution is 2.19. The number of amides is 1. The lowest BCUT2D eigenvalue weighted by Gasteiger charge is -2.14. The second-order valence-corrected chi connectivity index (χ2v) is 6.14. The molecule has 2 aromatic rings. The number of esters is 1. The van der Waals surface area contributed by atoms with Crippen molar-refractivity contribution in [3.05, 3.63) is 41.2 Å². The van der Waals surface area contributed by atoms with Crippen molar-refractivity contribution >= 4 is 17.6 Å². The van der Waals surface area contributed by atoms with Crippen molar-refractivity contribution < 1.29 is 19.1 Å². The van der Waals surface area contributed by atoms with Crippen LogP contribution < -0.4 is 10.1 Å². The summed E-state index contributed by atoms with van der Waals surface area (Å²) in [4.78, 5) is 24.3. The third kappa shape index (κ3) is 4.84. The van der Waals surface area contributed by atoms with Crippen molar-refractivity contribution in [1.82, 2.24) is 9.78 Å². The summed E-state index contributed by atoms with van der Waals surface area (Å²) in [5.74, 6) is -0.0206. The van der Waals surface area contributed by atoms with E-state index >= 15 is 0 Å². The van der Waals surface area contributed by atoms with Crippen molar-refractivity contribution in [2.75, 3.05) is 12.4 Å². The Balaban J connectivity index is 1.84. The van der Waals surface area contributed by atoms with E-state index in [1.165, 1.54) is 0 Å². The monoisotopic (exact) mass is 359 g/mol. The quantitative estimate of drug-likeness (QED) is 0.768. The first kappa shape index (κ1) is 19.5. The first-order valence-electron chi connectivity index (χ1n) is 8.45. The first-order chi connectivity index (χ1) is 12.3. The Hall–Kier alpha value is -2.83. The molecule has 0 aliphatic heterocycles. The van der Waals surface area contributed by atoms with E-state index in [9.17, 15) is 9.59 Å². The molecule has 1 heterocycles. The van der Waals surface area contributed by atoms with Gasteiger partial charge in [-0.25, -0.2) is 0 Å². The first-order valence-corrected chi connectivity index (χ1v) is 8.45. The predicted octanol–water partition coefficient (Wildman–Crippen LogP) is 2.55. The van der Waals surface area contributed by atoms with Crippen LogP contribution in [-0.4, -0.2) is 34.9 Å². The third-order valence-electron chi connectivity index (χ3n) is 4.21. The Bertz CT molecular complexity index is 781. The molecule has 0 fully saturated rings. The summed E-state index contributed by atoms with van der Waals surface area (Å²) in [6, 6.07) is 7.48. The van der Waals surface area contributed by atoms with Crippen LogP contribution in [0.3, 0.4) is 0 Å². The Labute approximate surface area is 153 Å². The van der Waals surface area contributed by atoms with Crippen LogP contribution in [0.2, 0.25) is 0 Å². The van der Waals surface area contributed by atoms with Gasteiger partial charge in [0.1, 0.15) is 5.75 Å². The molecule has 7 nitrogen and oxygen atoms in total. The standard InChI is InChI=1S/C19H25N3O4/c1-12-18(13(2)22(4)21-12)20-19(24)14(3)26-17(23)11-8-15-6-9-16(25-5)10-7-15/h6-7,9-10,14H,8,11H2,1-5H3,(H,20,24)/t14-/m0/s1. The highest BCUT2D eigenvalue weighted by molar-refractivity contribution is 5.96. The lowest BCUT2D eigenvalue weighted by molar-refractivity contribution is -0.153. The molecule has 0 saturated carbocycles. The van der Waals surface area contributed by atoms with Crippen LogP contribution in [0.1, 0.15) is 30.3 Å². The van der Waals surface area contributed by atoms with Crippen LogP contribution in [-0.2, 0) is 27.8 Å². The number of aryl methyl sites for hydroxylation is 3. The molecular weight excluding hydrogens is 334 g/mol. The summed E-state index contributed by atoms with van der Waals surface area (Å²) in [5.41, 5.74) is 3.21. The SMILES string of the molecule is COc1ccc(CCC(=O)O[C@@H](C)C(=O)Nc2c(C)nn(C)c2C)cc1. The van der Waals surface area contributed by atoms with E-state index in [0.717, 1.165) is 22.7 Å². The van der Waals surface area contributed by atoms with Gasteiger partial charge >= 0.3 is 5.97 Å². The van der Waals surface area contributed by atoms with Gasteiger partial charge < -0.3 is 14.8 Å². The molecule has 1 aromatic heterocycles. The molecule has 0 aliphatic carbocycles. The minimum absolute atomic E-state index is 0.203. The number of anilines is 1. The van der Waals surface area contributed by atoms with Crippen LogP contribution in [0.25, 0.3) is 0 Å². The molecular formula is C19H25N3O4. The topological polar surface area (TPSA) is 82.4 Å². The van der Waals surface area contributed by atoms with Gasteiger partial charge in [-0.2, -0.15) is 5.10 Å². The number of hydrogen-bond donors (Lipinski definition) is 1. The molecule has 2 rings (SSSR count). The van der Waals surface area contributed by atoms with Gasteiger partial charge in [-0.05, 0) is 44.9 Å². The van der Waals surface area contributed by atoms with Gasteiger partial charge in [0, 0.05) is 13.5 Å². The van der Waals surface area contributed by atoms with E-state index in [1.807, 2.05) is 38.1 Å². The number of nitrogens with one attached hydrogen (secondary N) is 1. The van der Waals surface area contributed by atoms with Crippen molar-refractivity contribution in [3.8, 4) is 5.75 Å². The number of ether oxygens (including phenoxy) is 2. The molecule has 0 saturated heterocycles. The van der Waals surface area contributed by atoms with Gasteiger partial charge in [0.15, 0.2) is 6.10 Å². The minimum Gasteiger partial charge on any atom is -0.497 e. The maximum Gasteiger partial charge on any atom is 0.306 e. The number of aromatic nitrogens is 2. The predicted molar refractivity (Wildman–Crippen MR) is 98.2 cm³/mol. The summed E-state index contributed by atoms with van der Waals surface area (Å²) in [6.07, 6.45) is -0.134. The normalized spacial score (nSPS) is 11.7. The van der Waals surface area contributed by atoms with Crippen molar-refractivity contribution in [2.45, 2.75) is 39.7 Å². The van der Waals surface area contributed by atoms with E-state index < -0.39 is 12.1 Å². The molecule has 0 radical (unpaired) electrons. The average Bonchev–Trinajstić information content (AvgIpc) is 2.86. The third-order valence-corrected chi connectivity index (χ3v) is 4.21. The van der Waals surface area contributed by atoms with Crippen LogP contribution in [0.4, 0.5) is 5.69 Å². The molecule has 0 bridgehead atoms. The summed E-state index contributed by atoms with van der Waals surface area (Å²) in [7, 11) is 3.41. The second-order valence-electron chi connectivity index (χ2n) is 6.14. The molecule has 140 valence electrons. The lowest BCUT2D eigenvalue weighted by Crippen LogP contribution is -2.30. The van der Waals surface area contributed by atoms with Crippen LogP contribution in [0, 0.1) is 13.8 Å². The molecule has 1 N–H and O–H groups in total.